The maximum absolute atomic E-state index is 11.4. The average Bonchev–Trinajstić information content (AvgIpc) is 2.22. The Labute approximate surface area is 97.7 Å². The van der Waals surface area contributed by atoms with Crippen molar-refractivity contribution in [1.82, 2.24) is 0 Å². The zero-order valence-corrected chi connectivity index (χ0v) is 10.4. The van der Waals surface area contributed by atoms with Crippen molar-refractivity contribution in [3.8, 4) is 0 Å². The van der Waals surface area contributed by atoms with Gasteiger partial charge in [-0.15, -0.1) is 0 Å². The summed E-state index contributed by atoms with van der Waals surface area (Å²) in [5.41, 5.74) is 3.18. The lowest BCUT2D eigenvalue weighted by atomic mass is 9.90. The standard InChI is InChI=1S/C14H20O2/c1-5-6-12-7-8-13(9-11(12)4)16-14(15)10(2)3/h5-6,13H,2,7-9H2,1,3-4H3/b6-5-. The molecule has 0 saturated carbocycles. The lowest BCUT2D eigenvalue weighted by Crippen LogP contribution is -2.22. The molecule has 0 amide bonds. The summed E-state index contributed by atoms with van der Waals surface area (Å²) >= 11 is 0. The lowest BCUT2D eigenvalue weighted by molar-refractivity contribution is -0.144. The summed E-state index contributed by atoms with van der Waals surface area (Å²) in [7, 11) is 0. The highest BCUT2D eigenvalue weighted by Gasteiger charge is 2.20. The second kappa shape index (κ2) is 5.69. The van der Waals surface area contributed by atoms with Crippen LogP contribution in [0.2, 0.25) is 0 Å². The van der Waals surface area contributed by atoms with Crippen LogP contribution in [0.5, 0.6) is 0 Å². The van der Waals surface area contributed by atoms with Crippen molar-refractivity contribution in [2.45, 2.75) is 46.1 Å². The van der Waals surface area contributed by atoms with Gasteiger partial charge in [0.25, 0.3) is 0 Å². The Hall–Kier alpha value is -1.31. The van der Waals surface area contributed by atoms with E-state index < -0.39 is 0 Å². The smallest absolute Gasteiger partial charge is 0.333 e. The quantitative estimate of drug-likeness (QED) is 0.537. The predicted octanol–water partition coefficient (Wildman–Crippen LogP) is 3.55. The molecule has 0 heterocycles. The highest BCUT2D eigenvalue weighted by molar-refractivity contribution is 5.87. The molecule has 0 aromatic heterocycles. The van der Waals surface area contributed by atoms with Crippen LogP contribution >= 0.6 is 0 Å². The minimum Gasteiger partial charge on any atom is -0.459 e. The summed E-state index contributed by atoms with van der Waals surface area (Å²) in [5, 5.41) is 0. The van der Waals surface area contributed by atoms with Crippen LogP contribution < -0.4 is 0 Å². The van der Waals surface area contributed by atoms with E-state index >= 15 is 0 Å². The molecule has 2 nitrogen and oxygen atoms in total. The van der Waals surface area contributed by atoms with Crippen molar-refractivity contribution in [3.63, 3.8) is 0 Å². The topological polar surface area (TPSA) is 26.3 Å². The Morgan fingerprint density at radius 2 is 2.25 bits per heavy atom. The van der Waals surface area contributed by atoms with Gasteiger partial charge >= 0.3 is 5.97 Å². The number of hydrogen-bond acceptors (Lipinski definition) is 2. The van der Waals surface area contributed by atoms with Crippen molar-refractivity contribution < 1.29 is 9.53 Å². The molecule has 0 spiro atoms. The molecule has 0 saturated heterocycles. The SMILES string of the molecule is C=C(C)C(=O)OC1CCC(/C=C\C)=C(C)C1. The molecule has 1 rings (SSSR count). The zero-order chi connectivity index (χ0) is 12.1. The first-order chi connectivity index (χ1) is 7.54. The van der Waals surface area contributed by atoms with Crippen molar-refractivity contribution >= 4 is 5.97 Å². The first kappa shape index (κ1) is 12.8. The van der Waals surface area contributed by atoms with Crippen LogP contribution in [0.3, 0.4) is 0 Å². The van der Waals surface area contributed by atoms with E-state index in [1.165, 1.54) is 11.1 Å². The summed E-state index contributed by atoms with van der Waals surface area (Å²) in [6.45, 7) is 9.39. The van der Waals surface area contributed by atoms with Gasteiger partial charge in [-0.2, -0.15) is 0 Å². The number of esters is 1. The molecule has 0 radical (unpaired) electrons. The van der Waals surface area contributed by atoms with Crippen molar-refractivity contribution in [1.29, 1.82) is 0 Å². The van der Waals surface area contributed by atoms with E-state index in [4.69, 9.17) is 4.74 Å². The molecule has 0 aromatic rings. The molecule has 1 unspecified atom stereocenters. The fourth-order valence-corrected chi connectivity index (χ4v) is 1.88. The van der Waals surface area contributed by atoms with E-state index in [9.17, 15) is 4.79 Å². The summed E-state index contributed by atoms with van der Waals surface area (Å²) < 4.78 is 5.35. The van der Waals surface area contributed by atoms with Gasteiger partial charge < -0.3 is 4.74 Å². The fraction of sp³-hybridized carbons (Fsp3) is 0.500. The molecule has 2 heteroatoms. The molecule has 88 valence electrons. The molecule has 16 heavy (non-hydrogen) atoms. The van der Waals surface area contributed by atoms with E-state index in [1.54, 1.807) is 6.92 Å². The molecular weight excluding hydrogens is 200 g/mol. The largest absolute Gasteiger partial charge is 0.459 e. The molecule has 0 aliphatic heterocycles. The van der Waals surface area contributed by atoms with E-state index in [0.717, 1.165) is 19.3 Å². The summed E-state index contributed by atoms with van der Waals surface area (Å²) in [5.74, 6) is -0.271. The summed E-state index contributed by atoms with van der Waals surface area (Å²) in [6.07, 6.45) is 6.97. The average molecular weight is 220 g/mol. The lowest BCUT2D eigenvalue weighted by Gasteiger charge is -2.24. The van der Waals surface area contributed by atoms with Crippen LogP contribution in [0.4, 0.5) is 0 Å². The Balaban J connectivity index is 2.59. The molecule has 1 aliphatic rings. The van der Waals surface area contributed by atoms with Gasteiger partial charge in [0.05, 0.1) is 0 Å². The van der Waals surface area contributed by atoms with E-state index in [0.29, 0.717) is 5.57 Å². The fourth-order valence-electron chi connectivity index (χ4n) is 1.88. The Kier molecular flexibility index (Phi) is 4.53. The molecule has 0 aromatic carbocycles. The van der Waals surface area contributed by atoms with Gasteiger partial charge in [-0.3, -0.25) is 0 Å². The Morgan fingerprint density at radius 3 is 2.75 bits per heavy atom. The second-order valence-corrected chi connectivity index (χ2v) is 4.36. The van der Waals surface area contributed by atoms with Crippen LogP contribution in [-0.2, 0) is 9.53 Å². The van der Waals surface area contributed by atoms with E-state index in [-0.39, 0.29) is 12.1 Å². The first-order valence-electron chi connectivity index (χ1n) is 5.72. The van der Waals surface area contributed by atoms with Gasteiger partial charge in [0.2, 0.25) is 0 Å². The number of carbonyl (C=O) groups excluding carboxylic acids is 1. The minimum absolute atomic E-state index is 0.0261. The summed E-state index contributed by atoms with van der Waals surface area (Å²) in [4.78, 5) is 11.4. The molecule has 1 aliphatic carbocycles. The van der Waals surface area contributed by atoms with E-state index in [1.807, 2.05) is 6.92 Å². The third-order valence-corrected chi connectivity index (χ3v) is 2.81. The van der Waals surface area contributed by atoms with Gasteiger partial charge in [0.15, 0.2) is 0 Å². The first-order valence-corrected chi connectivity index (χ1v) is 5.72. The van der Waals surface area contributed by atoms with Crippen LogP contribution in [0.25, 0.3) is 0 Å². The number of carbonyl (C=O) groups is 1. The van der Waals surface area contributed by atoms with Crippen molar-refractivity contribution in [2.24, 2.45) is 0 Å². The molecular formula is C14H20O2. The maximum atomic E-state index is 11.4. The van der Waals surface area contributed by atoms with Crippen molar-refractivity contribution in [3.05, 3.63) is 35.5 Å². The molecule has 0 bridgehead atoms. The van der Waals surface area contributed by atoms with Gasteiger partial charge in [0.1, 0.15) is 6.10 Å². The predicted molar refractivity (Wildman–Crippen MR) is 66.1 cm³/mol. The van der Waals surface area contributed by atoms with Crippen LogP contribution in [0, 0.1) is 0 Å². The van der Waals surface area contributed by atoms with Gasteiger partial charge in [-0.1, -0.05) is 24.3 Å². The molecule has 0 fully saturated rings. The highest BCUT2D eigenvalue weighted by atomic mass is 16.5. The monoisotopic (exact) mass is 220 g/mol. The van der Waals surface area contributed by atoms with Gasteiger partial charge in [-0.25, -0.2) is 4.79 Å². The van der Waals surface area contributed by atoms with Gasteiger partial charge in [0, 0.05) is 12.0 Å². The minimum atomic E-state index is -0.271. The second-order valence-electron chi connectivity index (χ2n) is 4.36. The zero-order valence-electron chi connectivity index (χ0n) is 10.4. The normalized spacial score (nSPS) is 21.3. The van der Waals surface area contributed by atoms with E-state index in [2.05, 4.69) is 25.7 Å². The number of allylic oxidation sites excluding steroid dienone is 3. The number of rotatable bonds is 3. The Morgan fingerprint density at radius 1 is 1.56 bits per heavy atom. The summed E-state index contributed by atoms with van der Waals surface area (Å²) in [6, 6.07) is 0. The maximum Gasteiger partial charge on any atom is 0.333 e. The Bertz CT molecular complexity index is 348. The van der Waals surface area contributed by atoms with Crippen LogP contribution in [-0.4, -0.2) is 12.1 Å². The van der Waals surface area contributed by atoms with Crippen LogP contribution in [0.1, 0.15) is 40.0 Å². The third-order valence-electron chi connectivity index (χ3n) is 2.81. The van der Waals surface area contributed by atoms with Crippen molar-refractivity contribution in [2.75, 3.05) is 0 Å². The third kappa shape index (κ3) is 3.37. The molecule has 0 N–H and O–H groups in total. The highest BCUT2D eigenvalue weighted by Crippen LogP contribution is 2.27. The van der Waals surface area contributed by atoms with Gasteiger partial charge in [-0.05, 0) is 39.2 Å². The number of ether oxygens (including phenoxy) is 1. The van der Waals surface area contributed by atoms with Crippen LogP contribution in [0.15, 0.2) is 35.5 Å². The molecule has 1 atom stereocenters. The number of hydrogen-bond donors (Lipinski definition) is 0.